The molecule has 0 aliphatic rings. The smallest absolute Gasteiger partial charge is 0.325 e. The highest BCUT2D eigenvalue weighted by atomic mass is 32.2. The van der Waals surface area contributed by atoms with Gasteiger partial charge in [0.15, 0.2) is 5.25 Å². The number of aliphatic hydroxyl groups excluding tert-OH is 1. The molecule has 0 bridgehead atoms. The van der Waals surface area contributed by atoms with E-state index < -0.39 is 33.7 Å². The molecule has 18 heavy (non-hydrogen) atoms. The number of hydrogen-bond donors (Lipinski definition) is 4. The topological polar surface area (TPSA) is 150 Å². The van der Waals surface area contributed by atoms with Crippen molar-refractivity contribution in [1.29, 1.82) is 0 Å². The van der Waals surface area contributed by atoms with Crippen LogP contribution in [0.2, 0.25) is 0 Å². The Kier molecular flexibility index (Phi) is 7.43. The Balaban J connectivity index is 4.09. The van der Waals surface area contributed by atoms with Crippen LogP contribution in [0.3, 0.4) is 0 Å². The molecule has 1 unspecified atom stereocenters. The fourth-order valence-electron chi connectivity index (χ4n) is 0.971. The molecular formula is C8H15NO8S. The van der Waals surface area contributed by atoms with Gasteiger partial charge in [0.25, 0.3) is 10.1 Å². The number of carbonyl (C=O) groups excluding carboxylic acids is 1. The molecule has 1 atom stereocenters. The van der Waals surface area contributed by atoms with E-state index in [0.29, 0.717) is 6.54 Å². The Morgan fingerprint density at radius 1 is 1.28 bits per heavy atom. The summed E-state index contributed by atoms with van der Waals surface area (Å²) in [4.78, 5) is 21.6. The van der Waals surface area contributed by atoms with Gasteiger partial charge in [0, 0.05) is 13.1 Å². The maximum Gasteiger partial charge on any atom is 0.325 e. The number of rotatable bonds is 9. The van der Waals surface area contributed by atoms with Crippen LogP contribution < -0.4 is 5.32 Å². The predicted octanol–water partition coefficient (Wildman–Crippen LogP) is -2.16. The van der Waals surface area contributed by atoms with Crippen LogP contribution in [-0.4, -0.2) is 66.7 Å². The number of aliphatic carboxylic acids is 1. The summed E-state index contributed by atoms with van der Waals surface area (Å²) in [6.45, 7) is 0.352. The third-order valence-electron chi connectivity index (χ3n) is 1.82. The van der Waals surface area contributed by atoms with Crippen LogP contribution in [-0.2, 0) is 24.4 Å². The Labute approximate surface area is 103 Å². The van der Waals surface area contributed by atoms with Crippen LogP contribution in [0.4, 0.5) is 0 Å². The van der Waals surface area contributed by atoms with Crippen LogP contribution in [0.5, 0.6) is 0 Å². The van der Waals surface area contributed by atoms with Crippen molar-refractivity contribution in [2.75, 3.05) is 26.3 Å². The molecule has 4 N–H and O–H groups in total. The van der Waals surface area contributed by atoms with Gasteiger partial charge < -0.3 is 20.3 Å². The second-order valence-electron chi connectivity index (χ2n) is 3.24. The molecule has 10 heteroatoms. The Morgan fingerprint density at radius 3 is 2.33 bits per heavy atom. The van der Waals surface area contributed by atoms with E-state index in [1.165, 1.54) is 0 Å². The summed E-state index contributed by atoms with van der Waals surface area (Å²) in [6, 6.07) is 0. The van der Waals surface area contributed by atoms with E-state index in [2.05, 4.69) is 10.1 Å². The lowest BCUT2D eigenvalue weighted by molar-refractivity contribution is -0.147. The van der Waals surface area contributed by atoms with Gasteiger partial charge in [-0.25, -0.2) is 0 Å². The number of carboxylic acids is 1. The number of esters is 1. The first-order chi connectivity index (χ1) is 8.29. The van der Waals surface area contributed by atoms with Gasteiger partial charge in [-0.15, -0.1) is 0 Å². The number of aliphatic hydroxyl groups is 1. The molecule has 0 aliphatic heterocycles. The van der Waals surface area contributed by atoms with Crippen molar-refractivity contribution >= 4 is 22.1 Å². The molecule has 0 heterocycles. The van der Waals surface area contributed by atoms with Crippen molar-refractivity contribution in [1.82, 2.24) is 5.32 Å². The molecule has 0 aromatic heterocycles. The summed E-state index contributed by atoms with van der Waals surface area (Å²) < 4.78 is 34.4. The molecule has 0 radical (unpaired) electrons. The SMILES string of the molecule is O=C(CC(C(=O)O)S(=O)(=O)O)OCCNCCO. The molecule has 0 amide bonds. The molecular weight excluding hydrogens is 270 g/mol. The quantitative estimate of drug-likeness (QED) is 0.211. The van der Waals surface area contributed by atoms with Gasteiger partial charge in [0.2, 0.25) is 0 Å². The van der Waals surface area contributed by atoms with E-state index >= 15 is 0 Å². The van der Waals surface area contributed by atoms with Crippen molar-refractivity contribution in [3.05, 3.63) is 0 Å². The number of carboxylic acid groups (broad SMARTS) is 1. The lowest BCUT2D eigenvalue weighted by Crippen LogP contribution is -2.33. The third-order valence-corrected chi connectivity index (χ3v) is 2.90. The fourth-order valence-corrected chi connectivity index (χ4v) is 1.57. The zero-order valence-corrected chi connectivity index (χ0v) is 10.2. The van der Waals surface area contributed by atoms with Crippen molar-refractivity contribution in [2.24, 2.45) is 0 Å². The Hall–Kier alpha value is -1.23. The van der Waals surface area contributed by atoms with E-state index in [4.69, 9.17) is 14.8 Å². The first-order valence-corrected chi connectivity index (χ1v) is 6.45. The number of nitrogens with one attached hydrogen (secondary N) is 1. The normalized spacial score (nSPS) is 13.0. The summed E-state index contributed by atoms with van der Waals surface area (Å²) in [7, 11) is -4.85. The van der Waals surface area contributed by atoms with E-state index in [1.54, 1.807) is 0 Å². The summed E-state index contributed by atoms with van der Waals surface area (Å²) >= 11 is 0. The largest absolute Gasteiger partial charge is 0.480 e. The molecule has 0 rings (SSSR count). The second-order valence-corrected chi connectivity index (χ2v) is 4.84. The lowest BCUT2D eigenvalue weighted by Gasteiger charge is -2.09. The zero-order chi connectivity index (χ0) is 14.2. The second kappa shape index (κ2) is 7.97. The maximum atomic E-state index is 11.1. The summed E-state index contributed by atoms with van der Waals surface area (Å²) in [5.74, 6) is -2.88. The van der Waals surface area contributed by atoms with Crippen LogP contribution in [0, 0.1) is 0 Å². The molecule has 0 saturated carbocycles. The fraction of sp³-hybridized carbons (Fsp3) is 0.750. The predicted molar refractivity (Wildman–Crippen MR) is 58.5 cm³/mol. The molecule has 0 aromatic carbocycles. The average Bonchev–Trinajstić information content (AvgIpc) is 2.23. The highest BCUT2D eigenvalue weighted by Crippen LogP contribution is 2.06. The number of ether oxygens (including phenoxy) is 1. The molecule has 0 aromatic rings. The van der Waals surface area contributed by atoms with Crippen LogP contribution >= 0.6 is 0 Å². The standard InChI is InChI=1S/C8H15NO8S/c10-3-1-9-2-4-17-7(11)5-6(8(12)13)18(14,15)16/h6,9-10H,1-5H2,(H,12,13)(H,14,15,16). The Morgan fingerprint density at radius 2 is 1.89 bits per heavy atom. The van der Waals surface area contributed by atoms with Gasteiger partial charge in [-0.3, -0.25) is 14.1 Å². The van der Waals surface area contributed by atoms with Crippen LogP contribution in [0.15, 0.2) is 0 Å². The van der Waals surface area contributed by atoms with Crippen molar-refractivity contribution in [2.45, 2.75) is 11.7 Å². The summed E-state index contributed by atoms with van der Waals surface area (Å²) in [6.07, 6.45) is -0.964. The summed E-state index contributed by atoms with van der Waals surface area (Å²) in [5, 5.41) is 17.4. The minimum atomic E-state index is -4.85. The van der Waals surface area contributed by atoms with Gasteiger partial charge in [-0.05, 0) is 0 Å². The zero-order valence-electron chi connectivity index (χ0n) is 9.40. The molecule has 0 saturated heterocycles. The van der Waals surface area contributed by atoms with Crippen molar-refractivity contribution < 1.29 is 37.5 Å². The van der Waals surface area contributed by atoms with Gasteiger partial charge in [0.05, 0.1) is 13.0 Å². The van der Waals surface area contributed by atoms with Crippen LogP contribution in [0.1, 0.15) is 6.42 Å². The van der Waals surface area contributed by atoms with Gasteiger partial charge >= 0.3 is 11.9 Å². The number of hydrogen-bond acceptors (Lipinski definition) is 7. The molecule has 0 aliphatic carbocycles. The highest BCUT2D eigenvalue weighted by Gasteiger charge is 2.33. The molecule has 0 spiro atoms. The van der Waals surface area contributed by atoms with Gasteiger partial charge in [-0.1, -0.05) is 0 Å². The maximum absolute atomic E-state index is 11.1. The van der Waals surface area contributed by atoms with Gasteiger partial charge in [-0.2, -0.15) is 8.42 Å². The average molecular weight is 285 g/mol. The first-order valence-electron chi connectivity index (χ1n) is 4.95. The van der Waals surface area contributed by atoms with Gasteiger partial charge in [0.1, 0.15) is 6.61 Å². The van der Waals surface area contributed by atoms with E-state index in [1.807, 2.05) is 0 Å². The lowest BCUT2D eigenvalue weighted by atomic mass is 10.3. The number of carbonyl (C=O) groups is 2. The minimum Gasteiger partial charge on any atom is -0.480 e. The highest BCUT2D eigenvalue weighted by molar-refractivity contribution is 7.87. The Bertz CT molecular complexity index is 379. The molecule has 106 valence electrons. The third kappa shape index (κ3) is 7.17. The summed E-state index contributed by atoms with van der Waals surface area (Å²) in [5.41, 5.74) is 0. The molecule has 9 nitrogen and oxygen atoms in total. The monoisotopic (exact) mass is 285 g/mol. The van der Waals surface area contributed by atoms with E-state index in [-0.39, 0.29) is 19.8 Å². The molecule has 0 fully saturated rings. The first kappa shape index (κ1) is 16.8. The van der Waals surface area contributed by atoms with Crippen molar-refractivity contribution in [3.8, 4) is 0 Å². The van der Waals surface area contributed by atoms with Crippen LogP contribution in [0.25, 0.3) is 0 Å². The van der Waals surface area contributed by atoms with Crippen molar-refractivity contribution in [3.63, 3.8) is 0 Å². The minimum absolute atomic E-state index is 0.0855. The van der Waals surface area contributed by atoms with E-state index in [9.17, 15) is 18.0 Å². The van der Waals surface area contributed by atoms with E-state index in [0.717, 1.165) is 0 Å².